The highest BCUT2D eigenvalue weighted by Crippen LogP contribution is 2.16. The lowest BCUT2D eigenvalue weighted by atomic mass is 10.1. The molecule has 0 rings (SSSR count). The molecule has 1 unspecified atom stereocenters. The molecular formula is C49H93NO7. The first-order chi connectivity index (χ1) is 28.0. The van der Waals surface area contributed by atoms with Crippen molar-refractivity contribution in [3.05, 3.63) is 24.3 Å². The van der Waals surface area contributed by atoms with Crippen molar-refractivity contribution in [3.8, 4) is 0 Å². The Kier molecular flexibility index (Phi) is 44.0. The van der Waals surface area contributed by atoms with Crippen molar-refractivity contribution in [1.82, 2.24) is 4.90 Å². The lowest BCUT2D eigenvalue weighted by Crippen LogP contribution is -2.28. The fraction of sp³-hybridized carbons (Fsp3) is 0.878. The molecule has 0 aliphatic carbocycles. The predicted octanol–water partition coefficient (Wildman–Crippen LogP) is 13.0. The van der Waals surface area contributed by atoms with Gasteiger partial charge in [0, 0.05) is 39.2 Å². The lowest BCUT2D eigenvalue weighted by Gasteiger charge is -2.22. The second-order valence-electron chi connectivity index (χ2n) is 16.0. The molecule has 0 radical (unpaired) electrons. The standard InChI is InChI=1S/C49H93NO7/c1-5-9-12-15-19-26-35-46(8-4)57-48(53)36-27-20-18-21-28-39-50(41-34-42-51)40-29-22-25-30-43-54-47(52)37-33-38-49(55-44-31-23-16-13-10-6-2)56-45-32-24-17-14-11-7-3/h10-11,13-14,46,49,51H,5-9,12,15-45H2,1-4H3/b13-10-,14-11-. The van der Waals surface area contributed by atoms with E-state index in [-0.39, 0.29) is 30.9 Å². The quantitative estimate of drug-likeness (QED) is 0.0281. The summed E-state index contributed by atoms with van der Waals surface area (Å²) in [6, 6.07) is 0. The Bertz CT molecular complexity index is 886. The van der Waals surface area contributed by atoms with Crippen molar-refractivity contribution in [1.29, 1.82) is 0 Å². The summed E-state index contributed by atoms with van der Waals surface area (Å²) in [7, 11) is 0. The maximum absolute atomic E-state index is 12.4. The fourth-order valence-corrected chi connectivity index (χ4v) is 6.91. The summed E-state index contributed by atoms with van der Waals surface area (Å²) in [4.78, 5) is 27.3. The van der Waals surface area contributed by atoms with E-state index in [1.165, 1.54) is 38.5 Å². The molecule has 0 aliphatic rings. The van der Waals surface area contributed by atoms with Gasteiger partial charge in [0.05, 0.1) is 6.61 Å². The van der Waals surface area contributed by atoms with Gasteiger partial charge in [-0.05, 0) is 129 Å². The number of rotatable bonds is 45. The summed E-state index contributed by atoms with van der Waals surface area (Å²) in [6.45, 7) is 13.8. The van der Waals surface area contributed by atoms with Crippen molar-refractivity contribution < 1.29 is 33.6 Å². The van der Waals surface area contributed by atoms with Crippen LogP contribution in [-0.2, 0) is 28.5 Å². The molecule has 0 aromatic heterocycles. The second-order valence-corrected chi connectivity index (χ2v) is 16.0. The van der Waals surface area contributed by atoms with Crippen molar-refractivity contribution in [2.24, 2.45) is 0 Å². The van der Waals surface area contributed by atoms with Crippen molar-refractivity contribution in [2.75, 3.05) is 46.1 Å². The number of aliphatic hydroxyl groups excluding tert-OH is 1. The SMILES string of the molecule is CC/C=C\CCCCOC(CCCC(=O)OCCCCCCN(CCCO)CCCCCCCC(=O)OC(CC)CCCCCCCC)OCCCC/C=C\CC. The van der Waals surface area contributed by atoms with Gasteiger partial charge in [-0.2, -0.15) is 0 Å². The maximum atomic E-state index is 12.4. The van der Waals surface area contributed by atoms with Gasteiger partial charge in [-0.3, -0.25) is 9.59 Å². The summed E-state index contributed by atoms with van der Waals surface area (Å²) in [5.74, 6) is -0.149. The van der Waals surface area contributed by atoms with Gasteiger partial charge < -0.3 is 29.0 Å². The van der Waals surface area contributed by atoms with Crippen molar-refractivity contribution in [3.63, 3.8) is 0 Å². The topological polar surface area (TPSA) is 94.5 Å². The third-order valence-corrected chi connectivity index (χ3v) is 10.5. The number of unbranched alkanes of at least 4 members (excludes halogenated alkanes) is 16. The monoisotopic (exact) mass is 808 g/mol. The first-order valence-corrected chi connectivity index (χ1v) is 24.2. The summed E-state index contributed by atoms with van der Waals surface area (Å²) in [6.07, 6.45) is 39.7. The van der Waals surface area contributed by atoms with E-state index in [1.807, 2.05) is 0 Å². The normalized spacial score (nSPS) is 12.5. The smallest absolute Gasteiger partial charge is 0.306 e. The molecule has 57 heavy (non-hydrogen) atoms. The lowest BCUT2D eigenvalue weighted by molar-refractivity contribution is -0.152. The summed E-state index contributed by atoms with van der Waals surface area (Å²) in [5.41, 5.74) is 0. The Morgan fingerprint density at radius 1 is 0.526 bits per heavy atom. The van der Waals surface area contributed by atoms with Crippen LogP contribution in [0.25, 0.3) is 0 Å². The number of hydrogen-bond donors (Lipinski definition) is 1. The van der Waals surface area contributed by atoms with E-state index in [9.17, 15) is 14.7 Å². The largest absolute Gasteiger partial charge is 0.466 e. The second kappa shape index (κ2) is 45.3. The molecule has 0 saturated carbocycles. The van der Waals surface area contributed by atoms with Gasteiger partial charge in [0.15, 0.2) is 6.29 Å². The zero-order chi connectivity index (χ0) is 41.7. The number of esters is 2. The summed E-state index contributed by atoms with van der Waals surface area (Å²) in [5, 5.41) is 9.40. The minimum atomic E-state index is -0.257. The maximum Gasteiger partial charge on any atom is 0.306 e. The number of carbonyl (C=O) groups is 2. The summed E-state index contributed by atoms with van der Waals surface area (Å²) >= 11 is 0. The molecule has 0 amide bonds. The number of ether oxygens (including phenoxy) is 4. The Labute approximate surface area is 352 Å². The number of carbonyl (C=O) groups excluding carboxylic acids is 2. The highest BCUT2D eigenvalue weighted by Gasteiger charge is 2.14. The number of hydrogen-bond acceptors (Lipinski definition) is 8. The van der Waals surface area contributed by atoms with Gasteiger partial charge in [-0.15, -0.1) is 0 Å². The Morgan fingerprint density at radius 2 is 1.05 bits per heavy atom. The van der Waals surface area contributed by atoms with E-state index in [2.05, 4.69) is 56.9 Å². The predicted molar refractivity (Wildman–Crippen MR) is 240 cm³/mol. The minimum Gasteiger partial charge on any atom is -0.466 e. The average Bonchev–Trinajstić information content (AvgIpc) is 3.21. The third kappa shape index (κ3) is 40.8. The van der Waals surface area contributed by atoms with Gasteiger partial charge in [0.1, 0.15) is 6.10 Å². The van der Waals surface area contributed by atoms with Crippen LogP contribution >= 0.6 is 0 Å². The Balaban J connectivity index is 4.12. The van der Waals surface area contributed by atoms with Crippen LogP contribution in [0.15, 0.2) is 24.3 Å². The Morgan fingerprint density at radius 3 is 1.65 bits per heavy atom. The van der Waals surface area contributed by atoms with Crippen LogP contribution < -0.4 is 0 Å². The van der Waals surface area contributed by atoms with Crippen LogP contribution in [0, 0.1) is 0 Å². The average molecular weight is 808 g/mol. The highest BCUT2D eigenvalue weighted by molar-refractivity contribution is 5.69. The molecule has 0 bridgehead atoms. The van der Waals surface area contributed by atoms with E-state index < -0.39 is 0 Å². The molecule has 0 aromatic carbocycles. The van der Waals surface area contributed by atoms with Gasteiger partial charge in [0.2, 0.25) is 0 Å². The van der Waals surface area contributed by atoms with Crippen LogP contribution in [0.5, 0.6) is 0 Å². The van der Waals surface area contributed by atoms with Gasteiger partial charge in [-0.25, -0.2) is 0 Å². The van der Waals surface area contributed by atoms with Gasteiger partial charge >= 0.3 is 11.9 Å². The Hall–Kier alpha value is -1.74. The molecule has 0 spiro atoms. The third-order valence-electron chi connectivity index (χ3n) is 10.5. The first-order valence-electron chi connectivity index (χ1n) is 24.2. The molecule has 1 N–H and O–H groups in total. The van der Waals surface area contributed by atoms with Crippen molar-refractivity contribution in [2.45, 2.75) is 233 Å². The first kappa shape index (κ1) is 55.3. The van der Waals surface area contributed by atoms with E-state index >= 15 is 0 Å². The zero-order valence-corrected chi connectivity index (χ0v) is 38.0. The zero-order valence-electron chi connectivity index (χ0n) is 38.0. The molecule has 0 saturated heterocycles. The molecular weight excluding hydrogens is 715 g/mol. The van der Waals surface area contributed by atoms with E-state index in [0.29, 0.717) is 45.5 Å². The highest BCUT2D eigenvalue weighted by atomic mass is 16.7. The molecule has 1 atom stereocenters. The van der Waals surface area contributed by atoms with Crippen LogP contribution in [0.1, 0.15) is 220 Å². The van der Waals surface area contributed by atoms with E-state index in [1.54, 1.807) is 0 Å². The fourth-order valence-electron chi connectivity index (χ4n) is 6.91. The van der Waals surface area contributed by atoms with E-state index in [0.717, 1.165) is 148 Å². The molecule has 336 valence electrons. The van der Waals surface area contributed by atoms with Crippen molar-refractivity contribution >= 4 is 11.9 Å². The summed E-state index contributed by atoms with van der Waals surface area (Å²) < 4.78 is 23.5. The van der Waals surface area contributed by atoms with Crippen LogP contribution in [0.3, 0.4) is 0 Å². The molecule has 0 aliphatic heterocycles. The minimum absolute atomic E-state index is 0.0220. The van der Waals surface area contributed by atoms with Crippen LogP contribution in [0.4, 0.5) is 0 Å². The molecule has 0 fully saturated rings. The number of allylic oxidation sites excluding steroid dienone is 4. The molecule has 0 aromatic rings. The molecule has 0 heterocycles. The van der Waals surface area contributed by atoms with E-state index in [4.69, 9.17) is 18.9 Å². The number of aliphatic hydroxyl groups is 1. The molecule has 8 nitrogen and oxygen atoms in total. The van der Waals surface area contributed by atoms with Crippen LogP contribution in [-0.4, -0.2) is 80.4 Å². The molecule has 8 heteroatoms. The van der Waals surface area contributed by atoms with Gasteiger partial charge in [-0.1, -0.05) is 116 Å². The van der Waals surface area contributed by atoms with Gasteiger partial charge in [0.25, 0.3) is 0 Å². The van der Waals surface area contributed by atoms with Crippen LogP contribution in [0.2, 0.25) is 0 Å². The number of nitrogens with zero attached hydrogens (tertiary/aromatic N) is 1.